The lowest BCUT2D eigenvalue weighted by molar-refractivity contribution is -0.355. The van der Waals surface area contributed by atoms with E-state index in [4.69, 9.17) is 0 Å². The topological polar surface area (TPSA) is 0 Å². The zero-order valence-electron chi connectivity index (χ0n) is 18.0. The second-order valence-corrected chi connectivity index (χ2v) is 11.7. The van der Waals surface area contributed by atoms with Gasteiger partial charge in [0.2, 0.25) is 0 Å². The molecule has 2 unspecified atom stereocenters. The molecule has 0 fully saturated rings. The number of rotatable bonds is 16. The summed E-state index contributed by atoms with van der Waals surface area (Å²) in [6, 6.07) is 0. The maximum atomic E-state index is 13.4. The standard InChI is InChI=1S/C19H24F14I2/c20-14(21,16(24,25)18(28,29)30)10-12(34)8-6-4-2-1-3-5-7-9-13(35)11-15(22,23)17(26,27)19(31,32)33/h12-13H,1-11H2. The molecule has 212 valence electrons. The van der Waals surface area contributed by atoms with E-state index in [1.807, 2.05) is 0 Å². The summed E-state index contributed by atoms with van der Waals surface area (Å²) in [6.07, 6.45) is -12.7. The van der Waals surface area contributed by atoms with Crippen LogP contribution in [0.4, 0.5) is 61.5 Å². The van der Waals surface area contributed by atoms with Crippen LogP contribution in [-0.4, -0.2) is 43.9 Å². The van der Waals surface area contributed by atoms with Gasteiger partial charge in [-0.2, -0.15) is 61.5 Å². The van der Waals surface area contributed by atoms with Gasteiger partial charge >= 0.3 is 36.0 Å². The van der Waals surface area contributed by atoms with E-state index in [9.17, 15) is 61.5 Å². The van der Waals surface area contributed by atoms with Crippen molar-refractivity contribution in [3.63, 3.8) is 0 Å². The lowest BCUT2D eigenvalue weighted by atomic mass is 10.0. The van der Waals surface area contributed by atoms with Crippen LogP contribution in [0.15, 0.2) is 0 Å². The summed E-state index contributed by atoms with van der Waals surface area (Å²) < 4.78 is 176. The first kappa shape index (κ1) is 35.5. The maximum Gasteiger partial charge on any atom is 0.459 e. The van der Waals surface area contributed by atoms with Gasteiger partial charge in [-0.05, 0) is 12.8 Å². The highest BCUT2D eigenvalue weighted by Crippen LogP contribution is 2.50. The maximum absolute atomic E-state index is 13.4. The highest BCUT2D eigenvalue weighted by Gasteiger charge is 2.73. The molecule has 0 aliphatic carbocycles. The molecule has 0 spiro atoms. The molecule has 35 heavy (non-hydrogen) atoms. The molecule has 0 bridgehead atoms. The van der Waals surface area contributed by atoms with Crippen molar-refractivity contribution in [2.24, 2.45) is 0 Å². The van der Waals surface area contributed by atoms with Crippen LogP contribution in [0.2, 0.25) is 0 Å². The molecule has 0 heterocycles. The van der Waals surface area contributed by atoms with Crippen LogP contribution < -0.4 is 0 Å². The summed E-state index contributed by atoms with van der Waals surface area (Å²) in [5.41, 5.74) is 0. The van der Waals surface area contributed by atoms with E-state index in [1.54, 1.807) is 0 Å². The molecule has 16 heteroatoms. The normalized spacial score (nSPS) is 16.5. The van der Waals surface area contributed by atoms with Crippen molar-refractivity contribution < 1.29 is 61.5 Å². The van der Waals surface area contributed by atoms with E-state index in [0.717, 1.165) is 0 Å². The van der Waals surface area contributed by atoms with Gasteiger partial charge in [-0.1, -0.05) is 90.1 Å². The number of alkyl halides is 16. The third-order valence-corrected chi connectivity index (χ3v) is 7.25. The second-order valence-electron chi connectivity index (χ2n) is 8.21. The van der Waals surface area contributed by atoms with E-state index in [1.165, 1.54) is 45.2 Å². The highest BCUT2D eigenvalue weighted by molar-refractivity contribution is 14.1. The molecule has 0 aliphatic heterocycles. The van der Waals surface area contributed by atoms with Crippen LogP contribution in [-0.2, 0) is 0 Å². The quantitative estimate of drug-likeness (QED) is 0.0635. The van der Waals surface area contributed by atoms with Crippen LogP contribution in [0, 0.1) is 0 Å². The van der Waals surface area contributed by atoms with E-state index >= 15 is 0 Å². The molecular formula is C19H24F14I2. The minimum Gasteiger partial charge on any atom is -0.199 e. The Balaban J connectivity index is 4.10. The number of hydrogen-bond donors (Lipinski definition) is 0. The van der Waals surface area contributed by atoms with Crippen molar-refractivity contribution in [3.05, 3.63) is 0 Å². The number of hydrogen-bond acceptors (Lipinski definition) is 0. The minimum absolute atomic E-state index is 0.00261. The van der Waals surface area contributed by atoms with E-state index in [-0.39, 0.29) is 12.8 Å². The smallest absolute Gasteiger partial charge is 0.199 e. The van der Waals surface area contributed by atoms with Crippen LogP contribution in [0.1, 0.15) is 70.6 Å². The van der Waals surface area contributed by atoms with E-state index < -0.39 is 56.7 Å². The van der Waals surface area contributed by atoms with E-state index in [2.05, 4.69) is 0 Å². The Morgan fingerprint density at radius 1 is 0.400 bits per heavy atom. The Hall–Kier alpha value is 0.480. The van der Waals surface area contributed by atoms with Gasteiger partial charge in [0, 0.05) is 20.7 Å². The third-order valence-electron chi connectivity index (χ3n) is 5.12. The fourth-order valence-corrected chi connectivity index (χ4v) is 5.03. The second kappa shape index (κ2) is 13.5. The fourth-order valence-electron chi connectivity index (χ4n) is 3.05. The largest absolute Gasteiger partial charge is 0.459 e. The van der Waals surface area contributed by atoms with Crippen molar-refractivity contribution >= 4 is 45.2 Å². The van der Waals surface area contributed by atoms with Gasteiger partial charge in [0.05, 0.1) is 0 Å². The molecule has 0 nitrogen and oxygen atoms in total. The van der Waals surface area contributed by atoms with Gasteiger partial charge in [0.15, 0.2) is 0 Å². The molecule has 0 aromatic heterocycles. The first-order chi connectivity index (χ1) is 15.5. The Kier molecular flexibility index (Phi) is 13.7. The Morgan fingerprint density at radius 2 is 0.629 bits per heavy atom. The molecule has 0 saturated carbocycles. The predicted molar refractivity (Wildman–Crippen MR) is 118 cm³/mol. The molecule has 0 rings (SSSR count). The number of halogens is 16. The lowest BCUT2D eigenvalue weighted by Gasteiger charge is -2.29. The SMILES string of the molecule is FC(F)(F)C(F)(F)C(F)(F)CC(I)CCCCCCCCCC(I)CC(F)(F)C(F)(F)C(F)(F)F. The van der Waals surface area contributed by atoms with Crippen LogP contribution >= 0.6 is 45.2 Å². The van der Waals surface area contributed by atoms with Crippen molar-refractivity contribution in [1.82, 2.24) is 0 Å². The Labute approximate surface area is 220 Å². The Morgan fingerprint density at radius 3 is 0.857 bits per heavy atom. The van der Waals surface area contributed by atoms with Crippen molar-refractivity contribution in [1.29, 1.82) is 0 Å². The average molecular weight is 772 g/mol. The Bertz CT molecular complexity index is 564. The van der Waals surface area contributed by atoms with Crippen LogP contribution in [0.3, 0.4) is 0 Å². The molecule has 0 aliphatic rings. The van der Waals surface area contributed by atoms with E-state index in [0.29, 0.717) is 44.9 Å². The van der Waals surface area contributed by atoms with Gasteiger partial charge in [-0.25, -0.2) is 0 Å². The summed E-state index contributed by atoms with van der Waals surface area (Å²) >= 11 is 2.79. The third kappa shape index (κ3) is 10.6. The van der Waals surface area contributed by atoms with Crippen molar-refractivity contribution in [2.75, 3.05) is 0 Å². The monoisotopic (exact) mass is 772 g/mol. The molecule has 0 N–H and O–H groups in total. The fraction of sp³-hybridized carbons (Fsp3) is 1.00. The van der Waals surface area contributed by atoms with Gasteiger partial charge in [-0.3, -0.25) is 0 Å². The molecule has 0 radical (unpaired) electrons. The lowest BCUT2D eigenvalue weighted by Crippen LogP contribution is -2.52. The predicted octanol–water partition coefficient (Wildman–Crippen LogP) is 10.6. The molecule has 2 atom stereocenters. The van der Waals surface area contributed by atoms with Crippen LogP contribution in [0.5, 0.6) is 0 Å². The zero-order valence-corrected chi connectivity index (χ0v) is 22.3. The first-order valence-corrected chi connectivity index (χ1v) is 12.9. The van der Waals surface area contributed by atoms with Gasteiger partial charge in [0.1, 0.15) is 0 Å². The molecular weight excluding hydrogens is 748 g/mol. The zero-order chi connectivity index (χ0) is 27.9. The van der Waals surface area contributed by atoms with Crippen LogP contribution in [0.25, 0.3) is 0 Å². The van der Waals surface area contributed by atoms with Gasteiger partial charge < -0.3 is 0 Å². The minimum atomic E-state index is -6.36. The highest BCUT2D eigenvalue weighted by atomic mass is 127. The average Bonchev–Trinajstić information content (AvgIpc) is 2.63. The summed E-state index contributed by atoms with van der Waals surface area (Å²) in [7, 11) is 0. The molecule has 0 saturated heterocycles. The molecule has 0 amide bonds. The number of unbranched alkanes of at least 4 members (excludes halogenated alkanes) is 6. The summed E-state index contributed by atoms with van der Waals surface area (Å²) in [6.45, 7) is 0. The van der Waals surface area contributed by atoms with Crippen molar-refractivity contribution in [3.8, 4) is 0 Å². The van der Waals surface area contributed by atoms with Gasteiger partial charge in [-0.15, -0.1) is 0 Å². The van der Waals surface area contributed by atoms with Crippen molar-refractivity contribution in [2.45, 2.75) is 115 Å². The summed E-state index contributed by atoms with van der Waals surface area (Å²) in [4.78, 5) is 0. The summed E-state index contributed by atoms with van der Waals surface area (Å²) in [5, 5.41) is 0. The first-order valence-electron chi connectivity index (χ1n) is 10.4. The van der Waals surface area contributed by atoms with Gasteiger partial charge in [0.25, 0.3) is 0 Å². The molecule has 0 aromatic carbocycles. The molecule has 0 aromatic rings. The summed E-state index contributed by atoms with van der Waals surface area (Å²) in [5.74, 6) is -22.7.